The lowest BCUT2D eigenvalue weighted by molar-refractivity contribution is 0.596. The SMILES string of the molecule is CS(=O)(=O)N(Cc1ccccc1)c1ccc(Cl)cc1. The molecule has 0 atom stereocenters. The van der Waals surface area contributed by atoms with E-state index in [-0.39, 0.29) is 0 Å². The van der Waals surface area contributed by atoms with Crippen LogP contribution in [0.1, 0.15) is 5.56 Å². The number of hydrogen-bond donors (Lipinski definition) is 0. The van der Waals surface area contributed by atoms with Crippen molar-refractivity contribution in [2.75, 3.05) is 10.6 Å². The fraction of sp³-hybridized carbons (Fsp3) is 0.143. The summed E-state index contributed by atoms with van der Waals surface area (Å²) in [6, 6.07) is 16.2. The molecule has 0 unspecified atom stereocenters. The molecule has 0 aliphatic carbocycles. The highest BCUT2D eigenvalue weighted by molar-refractivity contribution is 7.92. The van der Waals surface area contributed by atoms with Gasteiger partial charge < -0.3 is 0 Å². The molecule has 100 valence electrons. The van der Waals surface area contributed by atoms with Gasteiger partial charge in [0.1, 0.15) is 0 Å². The van der Waals surface area contributed by atoms with E-state index in [1.165, 1.54) is 10.6 Å². The van der Waals surface area contributed by atoms with Crippen LogP contribution < -0.4 is 4.31 Å². The van der Waals surface area contributed by atoms with Gasteiger partial charge in [-0.1, -0.05) is 41.9 Å². The summed E-state index contributed by atoms with van der Waals surface area (Å²) in [6.07, 6.45) is 1.20. The molecule has 0 amide bonds. The molecule has 0 heterocycles. The van der Waals surface area contributed by atoms with E-state index in [9.17, 15) is 8.42 Å². The average Bonchev–Trinajstić information content (AvgIpc) is 2.37. The Hall–Kier alpha value is -1.52. The minimum atomic E-state index is -3.34. The summed E-state index contributed by atoms with van der Waals surface area (Å²) in [7, 11) is -3.34. The monoisotopic (exact) mass is 295 g/mol. The van der Waals surface area contributed by atoms with Crippen LogP contribution in [-0.2, 0) is 16.6 Å². The van der Waals surface area contributed by atoms with Crippen molar-refractivity contribution in [2.24, 2.45) is 0 Å². The number of halogens is 1. The van der Waals surface area contributed by atoms with E-state index >= 15 is 0 Å². The molecule has 0 saturated heterocycles. The van der Waals surface area contributed by atoms with E-state index in [0.717, 1.165) is 5.56 Å². The van der Waals surface area contributed by atoms with Gasteiger partial charge in [0, 0.05) is 5.02 Å². The van der Waals surface area contributed by atoms with Crippen molar-refractivity contribution in [3.05, 3.63) is 65.2 Å². The van der Waals surface area contributed by atoms with Crippen molar-refractivity contribution >= 4 is 27.3 Å². The average molecular weight is 296 g/mol. The second-order valence-electron chi connectivity index (χ2n) is 4.23. The molecule has 2 aromatic carbocycles. The van der Waals surface area contributed by atoms with Crippen LogP contribution in [0.2, 0.25) is 5.02 Å². The summed E-state index contributed by atoms with van der Waals surface area (Å²) < 4.78 is 25.2. The summed E-state index contributed by atoms with van der Waals surface area (Å²) in [4.78, 5) is 0. The maximum absolute atomic E-state index is 11.9. The lowest BCUT2D eigenvalue weighted by Crippen LogP contribution is -2.29. The Morgan fingerprint density at radius 1 is 1.00 bits per heavy atom. The highest BCUT2D eigenvalue weighted by Crippen LogP contribution is 2.22. The predicted molar refractivity (Wildman–Crippen MR) is 78.9 cm³/mol. The third-order valence-corrected chi connectivity index (χ3v) is 4.08. The van der Waals surface area contributed by atoms with Gasteiger partial charge in [0.15, 0.2) is 0 Å². The highest BCUT2D eigenvalue weighted by atomic mass is 35.5. The van der Waals surface area contributed by atoms with Gasteiger partial charge in [0.2, 0.25) is 10.0 Å². The molecule has 0 bridgehead atoms. The molecule has 3 nitrogen and oxygen atoms in total. The molecular weight excluding hydrogens is 282 g/mol. The van der Waals surface area contributed by atoms with Crippen LogP contribution in [0, 0.1) is 0 Å². The molecule has 0 spiro atoms. The first-order chi connectivity index (χ1) is 8.97. The van der Waals surface area contributed by atoms with Gasteiger partial charge in [-0.05, 0) is 29.8 Å². The van der Waals surface area contributed by atoms with Gasteiger partial charge >= 0.3 is 0 Å². The van der Waals surface area contributed by atoms with Crippen LogP contribution in [-0.4, -0.2) is 14.7 Å². The van der Waals surface area contributed by atoms with Gasteiger partial charge in [0.25, 0.3) is 0 Å². The van der Waals surface area contributed by atoms with Crippen molar-refractivity contribution in [1.29, 1.82) is 0 Å². The largest absolute Gasteiger partial charge is 0.266 e. The molecule has 0 radical (unpaired) electrons. The Labute approximate surface area is 118 Å². The normalized spacial score (nSPS) is 11.3. The zero-order valence-corrected chi connectivity index (χ0v) is 12.0. The van der Waals surface area contributed by atoms with Crippen molar-refractivity contribution in [1.82, 2.24) is 0 Å². The van der Waals surface area contributed by atoms with Crippen molar-refractivity contribution in [3.63, 3.8) is 0 Å². The first kappa shape index (κ1) is 13.9. The molecule has 0 N–H and O–H groups in total. The number of rotatable bonds is 4. The van der Waals surface area contributed by atoms with Crippen molar-refractivity contribution < 1.29 is 8.42 Å². The fourth-order valence-corrected chi connectivity index (χ4v) is 2.77. The molecule has 0 fully saturated rings. The van der Waals surface area contributed by atoms with E-state index in [0.29, 0.717) is 17.3 Å². The van der Waals surface area contributed by atoms with Crippen LogP contribution in [0.15, 0.2) is 54.6 Å². The molecule has 19 heavy (non-hydrogen) atoms. The van der Waals surface area contributed by atoms with Gasteiger partial charge in [0.05, 0.1) is 18.5 Å². The van der Waals surface area contributed by atoms with E-state index < -0.39 is 10.0 Å². The topological polar surface area (TPSA) is 37.4 Å². The number of anilines is 1. The van der Waals surface area contributed by atoms with Gasteiger partial charge in [-0.3, -0.25) is 4.31 Å². The number of benzene rings is 2. The first-order valence-electron chi connectivity index (χ1n) is 5.74. The van der Waals surface area contributed by atoms with Crippen molar-refractivity contribution in [2.45, 2.75) is 6.54 Å². The molecule has 0 aromatic heterocycles. The zero-order valence-electron chi connectivity index (χ0n) is 10.5. The molecule has 2 aromatic rings. The predicted octanol–water partition coefficient (Wildman–Crippen LogP) is 3.31. The molecule has 5 heteroatoms. The van der Waals surface area contributed by atoms with Crippen LogP contribution in [0.3, 0.4) is 0 Å². The quantitative estimate of drug-likeness (QED) is 0.868. The molecule has 0 aliphatic rings. The molecule has 0 aliphatic heterocycles. The second kappa shape index (κ2) is 5.63. The number of hydrogen-bond acceptors (Lipinski definition) is 2. The smallest absolute Gasteiger partial charge is 0.232 e. The Morgan fingerprint density at radius 2 is 1.58 bits per heavy atom. The Bertz CT molecular complexity index is 639. The Morgan fingerprint density at radius 3 is 2.11 bits per heavy atom. The van der Waals surface area contributed by atoms with E-state index in [1.54, 1.807) is 24.3 Å². The van der Waals surface area contributed by atoms with E-state index in [2.05, 4.69) is 0 Å². The van der Waals surface area contributed by atoms with Crippen molar-refractivity contribution in [3.8, 4) is 0 Å². The van der Waals surface area contributed by atoms with Crippen LogP contribution >= 0.6 is 11.6 Å². The molecular formula is C14H14ClNO2S. The second-order valence-corrected chi connectivity index (χ2v) is 6.57. The third kappa shape index (κ3) is 3.72. The van der Waals surface area contributed by atoms with Gasteiger partial charge in [-0.2, -0.15) is 0 Å². The summed E-state index contributed by atoms with van der Waals surface area (Å²) in [5.74, 6) is 0. The van der Waals surface area contributed by atoms with Gasteiger partial charge in [-0.15, -0.1) is 0 Å². The van der Waals surface area contributed by atoms with E-state index in [1.807, 2.05) is 30.3 Å². The van der Waals surface area contributed by atoms with Crippen LogP contribution in [0.4, 0.5) is 5.69 Å². The fourth-order valence-electron chi connectivity index (χ4n) is 1.76. The van der Waals surface area contributed by atoms with Gasteiger partial charge in [-0.25, -0.2) is 8.42 Å². The molecule has 0 saturated carbocycles. The third-order valence-electron chi connectivity index (χ3n) is 2.68. The number of nitrogens with zero attached hydrogens (tertiary/aromatic N) is 1. The summed E-state index contributed by atoms with van der Waals surface area (Å²) in [5.41, 5.74) is 1.54. The lowest BCUT2D eigenvalue weighted by Gasteiger charge is -2.22. The lowest BCUT2D eigenvalue weighted by atomic mass is 10.2. The number of sulfonamides is 1. The van der Waals surface area contributed by atoms with Crippen LogP contribution in [0.5, 0.6) is 0 Å². The summed E-state index contributed by atoms with van der Waals surface area (Å²) in [6.45, 7) is 0.307. The Kier molecular flexibility index (Phi) is 4.12. The standard InChI is InChI=1S/C14H14ClNO2S/c1-19(17,18)16(11-12-5-3-2-4-6-12)14-9-7-13(15)8-10-14/h2-10H,11H2,1H3. The zero-order chi connectivity index (χ0) is 13.9. The Balaban J connectivity index is 2.35. The summed E-state index contributed by atoms with van der Waals surface area (Å²) >= 11 is 5.82. The highest BCUT2D eigenvalue weighted by Gasteiger charge is 2.17. The minimum Gasteiger partial charge on any atom is -0.266 e. The maximum atomic E-state index is 11.9. The first-order valence-corrected chi connectivity index (χ1v) is 7.96. The maximum Gasteiger partial charge on any atom is 0.232 e. The minimum absolute atomic E-state index is 0.307. The van der Waals surface area contributed by atoms with Crippen LogP contribution in [0.25, 0.3) is 0 Å². The molecule has 2 rings (SSSR count). The summed E-state index contributed by atoms with van der Waals surface area (Å²) in [5, 5.41) is 0.580. The van der Waals surface area contributed by atoms with E-state index in [4.69, 9.17) is 11.6 Å².